The fourth-order valence-corrected chi connectivity index (χ4v) is 2.13. The quantitative estimate of drug-likeness (QED) is 0.727. The SMILES string of the molecule is CCOC(C)CNCC1CN(C(C)C)CCO1. The number of ether oxygens (including phenoxy) is 2. The Labute approximate surface area is 106 Å². The van der Waals surface area contributed by atoms with Crippen LogP contribution in [0.5, 0.6) is 0 Å². The second-order valence-corrected chi connectivity index (χ2v) is 5.01. The summed E-state index contributed by atoms with van der Waals surface area (Å²) in [6.07, 6.45) is 0.602. The van der Waals surface area contributed by atoms with Crippen LogP contribution in [0.1, 0.15) is 27.7 Å². The molecule has 0 aromatic rings. The zero-order valence-electron chi connectivity index (χ0n) is 11.7. The average Bonchev–Trinajstić information content (AvgIpc) is 2.30. The Hall–Kier alpha value is -0.160. The molecule has 1 fully saturated rings. The number of hydrogen-bond acceptors (Lipinski definition) is 4. The van der Waals surface area contributed by atoms with Crippen LogP contribution in [0.25, 0.3) is 0 Å². The third kappa shape index (κ3) is 5.82. The summed E-state index contributed by atoms with van der Waals surface area (Å²) < 4.78 is 11.2. The fourth-order valence-electron chi connectivity index (χ4n) is 2.13. The summed E-state index contributed by atoms with van der Waals surface area (Å²) in [5, 5.41) is 3.42. The van der Waals surface area contributed by atoms with Gasteiger partial charge in [-0.15, -0.1) is 0 Å². The molecule has 1 saturated heterocycles. The van der Waals surface area contributed by atoms with Crippen LogP contribution in [0, 0.1) is 0 Å². The average molecular weight is 244 g/mol. The van der Waals surface area contributed by atoms with E-state index in [9.17, 15) is 0 Å². The van der Waals surface area contributed by atoms with Crippen LogP contribution in [0.4, 0.5) is 0 Å². The number of nitrogens with zero attached hydrogens (tertiary/aromatic N) is 1. The molecule has 1 aliphatic rings. The van der Waals surface area contributed by atoms with Gasteiger partial charge in [-0.05, 0) is 27.7 Å². The highest BCUT2D eigenvalue weighted by Gasteiger charge is 2.21. The molecule has 0 aromatic carbocycles. The summed E-state index contributed by atoms with van der Waals surface area (Å²) in [5.41, 5.74) is 0. The first-order valence-corrected chi connectivity index (χ1v) is 6.81. The molecule has 1 heterocycles. The van der Waals surface area contributed by atoms with Crippen LogP contribution in [0.3, 0.4) is 0 Å². The Morgan fingerprint density at radius 2 is 2.18 bits per heavy atom. The van der Waals surface area contributed by atoms with E-state index >= 15 is 0 Å². The topological polar surface area (TPSA) is 33.7 Å². The maximum atomic E-state index is 5.76. The van der Waals surface area contributed by atoms with E-state index in [-0.39, 0.29) is 6.10 Å². The molecular formula is C13H28N2O2. The third-order valence-corrected chi connectivity index (χ3v) is 3.16. The molecule has 102 valence electrons. The summed E-state index contributed by atoms with van der Waals surface area (Å²) in [6.45, 7) is 14.2. The minimum atomic E-state index is 0.282. The van der Waals surface area contributed by atoms with E-state index in [2.05, 4.69) is 31.0 Å². The van der Waals surface area contributed by atoms with Crippen molar-refractivity contribution >= 4 is 0 Å². The van der Waals surface area contributed by atoms with Gasteiger partial charge in [0, 0.05) is 38.8 Å². The van der Waals surface area contributed by atoms with Crippen LogP contribution in [-0.2, 0) is 9.47 Å². The smallest absolute Gasteiger partial charge is 0.0826 e. The third-order valence-electron chi connectivity index (χ3n) is 3.16. The summed E-state index contributed by atoms with van der Waals surface area (Å²) in [7, 11) is 0. The van der Waals surface area contributed by atoms with Crippen LogP contribution in [0.15, 0.2) is 0 Å². The van der Waals surface area contributed by atoms with Crippen LogP contribution in [0.2, 0.25) is 0 Å². The van der Waals surface area contributed by atoms with Gasteiger partial charge in [0.25, 0.3) is 0 Å². The monoisotopic (exact) mass is 244 g/mol. The zero-order chi connectivity index (χ0) is 12.7. The molecule has 1 N–H and O–H groups in total. The van der Waals surface area contributed by atoms with E-state index in [1.54, 1.807) is 0 Å². The van der Waals surface area contributed by atoms with Crippen molar-refractivity contribution in [2.45, 2.75) is 45.9 Å². The number of nitrogens with one attached hydrogen (secondary N) is 1. The molecule has 0 aromatic heterocycles. The predicted molar refractivity (Wildman–Crippen MR) is 70.4 cm³/mol. The minimum absolute atomic E-state index is 0.282. The van der Waals surface area contributed by atoms with Crippen LogP contribution >= 0.6 is 0 Å². The molecule has 1 rings (SSSR count). The summed E-state index contributed by atoms with van der Waals surface area (Å²) in [5.74, 6) is 0. The first-order valence-electron chi connectivity index (χ1n) is 6.81. The van der Waals surface area contributed by atoms with Gasteiger partial charge in [0.15, 0.2) is 0 Å². The lowest BCUT2D eigenvalue weighted by molar-refractivity contribution is -0.0384. The van der Waals surface area contributed by atoms with Gasteiger partial charge in [-0.2, -0.15) is 0 Å². The Balaban J connectivity index is 2.14. The van der Waals surface area contributed by atoms with E-state index in [0.29, 0.717) is 12.1 Å². The largest absolute Gasteiger partial charge is 0.377 e. The van der Waals surface area contributed by atoms with Crippen molar-refractivity contribution in [1.82, 2.24) is 10.2 Å². The van der Waals surface area contributed by atoms with E-state index in [0.717, 1.165) is 39.4 Å². The molecule has 2 atom stereocenters. The second-order valence-electron chi connectivity index (χ2n) is 5.01. The Morgan fingerprint density at radius 3 is 2.82 bits per heavy atom. The van der Waals surface area contributed by atoms with Gasteiger partial charge in [-0.3, -0.25) is 4.90 Å². The van der Waals surface area contributed by atoms with Crippen molar-refractivity contribution in [1.29, 1.82) is 0 Å². The molecule has 0 radical (unpaired) electrons. The molecule has 0 spiro atoms. The molecule has 0 bridgehead atoms. The van der Waals surface area contributed by atoms with Crippen molar-refractivity contribution in [3.05, 3.63) is 0 Å². The Morgan fingerprint density at radius 1 is 1.41 bits per heavy atom. The highest BCUT2D eigenvalue weighted by Crippen LogP contribution is 2.07. The molecular weight excluding hydrogens is 216 g/mol. The summed E-state index contributed by atoms with van der Waals surface area (Å²) in [6, 6.07) is 0.615. The standard InChI is InChI=1S/C13H28N2O2/c1-5-16-12(4)8-14-9-13-10-15(11(2)3)6-7-17-13/h11-14H,5-10H2,1-4H3. The van der Waals surface area contributed by atoms with Crippen molar-refractivity contribution in [3.63, 3.8) is 0 Å². The molecule has 0 aliphatic carbocycles. The molecule has 1 aliphatic heterocycles. The van der Waals surface area contributed by atoms with Gasteiger partial charge in [0.1, 0.15) is 0 Å². The number of morpholine rings is 1. The lowest BCUT2D eigenvalue weighted by Crippen LogP contribution is -2.49. The van der Waals surface area contributed by atoms with Gasteiger partial charge in [-0.25, -0.2) is 0 Å². The van der Waals surface area contributed by atoms with E-state index in [1.165, 1.54) is 0 Å². The van der Waals surface area contributed by atoms with Crippen LogP contribution < -0.4 is 5.32 Å². The van der Waals surface area contributed by atoms with Crippen LogP contribution in [-0.4, -0.2) is 62.5 Å². The van der Waals surface area contributed by atoms with E-state index in [4.69, 9.17) is 9.47 Å². The molecule has 4 nitrogen and oxygen atoms in total. The molecule has 17 heavy (non-hydrogen) atoms. The van der Waals surface area contributed by atoms with Crippen molar-refractivity contribution in [2.24, 2.45) is 0 Å². The first kappa shape index (κ1) is 14.9. The fraction of sp³-hybridized carbons (Fsp3) is 1.00. The second kappa shape index (κ2) is 8.03. The normalized spacial score (nSPS) is 24.2. The van der Waals surface area contributed by atoms with E-state index in [1.807, 2.05) is 6.92 Å². The van der Waals surface area contributed by atoms with E-state index < -0.39 is 0 Å². The van der Waals surface area contributed by atoms with Gasteiger partial charge < -0.3 is 14.8 Å². The lowest BCUT2D eigenvalue weighted by atomic mass is 10.2. The summed E-state index contributed by atoms with van der Waals surface area (Å²) in [4.78, 5) is 2.47. The summed E-state index contributed by atoms with van der Waals surface area (Å²) >= 11 is 0. The van der Waals surface area contributed by atoms with Gasteiger partial charge >= 0.3 is 0 Å². The maximum Gasteiger partial charge on any atom is 0.0826 e. The molecule has 0 saturated carbocycles. The molecule has 2 unspecified atom stereocenters. The number of rotatable bonds is 7. The van der Waals surface area contributed by atoms with Crippen molar-refractivity contribution in [2.75, 3.05) is 39.4 Å². The maximum absolute atomic E-state index is 5.76. The zero-order valence-corrected chi connectivity index (χ0v) is 11.7. The minimum Gasteiger partial charge on any atom is -0.377 e. The predicted octanol–water partition coefficient (Wildman–Crippen LogP) is 1.11. The molecule has 0 amide bonds. The lowest BCUT2D eigenvalue weighted by Gasteiger charge is -2.35. The number of hydrogen-bond donors (Lipinski definition) is 1. The highest BCUT2D eigenvalue weighted by molar-refractivity contribution is 4.75. The first-order chi connectivity index (χ1) is 8.13. The Kier molecular flexibility index (Phi) is 7.04. The van der Waals surface area contributed by atoms with Gasteiger partial charge in [0.2, 0.25) is 0 Å². The van der Waals surface area contributed by atoms with Gasteiger partial charge in [-0.1, -0.05) is 0 Å². The van der Waals surface area contributed by atoms with Gasteiger partial charge in [0.05, 0.1) is 18.8 Å². The van der Waals surface area contributed by atoms with Crippen molar-refractivity contribution < 1.29 is 9.47 Å². The highest BCUT2D eigenvalue weighted by atomic mass is 16.5. The van der Waals surface area contributed by atoms with Crippen molar-refractivity contribution in [3.8, 4) is 0 Å². The molecule has 4 heteroatoms. The Bertz CT molecular complexity index is 200.